The van der Waals surface area contributed by atoms with Gasteiger partial charge in [0.1, 0.15) is 11.6 Å². The topological polar surface area (TPSA) is 73.1 Å². The molecule has 0 saturated heterocycles. The number of aromatic nitrogens is 2. The van der Waals surface area contributed by atoms with E-state index >= 15 is 0 Å². The molecule has 2 aromatic carbocycles. The third kappa shape index (κ3) is 6.47. The molecule has 0 unspecified atom stereocenters. The van der Waals surface area contributed by atoms with Gasteiger partial charge in [0.25, 0.3) is 0 Å². The number of hydrogen-bond donors (Lipinski definition) is 2. The Labute approximate surface area is 200 Å². The lowest BCUT2D eigenvalue weighted by atomic mass is 9.92. The first kappa shape index (κ1) is 25.2. The van der Waals surface area contributed by atoms with E-state index in [0.717, 1.165) is 58.7 Å². The van der Waals surface area contributed by atoms with E-state index in [1.807, 2.05) is 54.6 Å². The highest BCUT2D eigenvalue weighted by molar-refractivity contribution is 6.30. The smallest absolute Gasteiger partial charge is 0.154 e. The summed E-state index contributed by atoms with van der Waals surface area (Å²) in [6.45, 7) is 0. The number of nitrogens with two attached hydrogens (primary N) is 1. The second kappa shape index (κ2) is 11.5. The summed E-state index contributed by atoms with van der Waals surface area (Å²) in [6.07, 6.45) is 8.08. The fourth-order valence-electron chi connectivity index (χ4n) is 3.64. The molecule has 0 aliphatic heterocycles. The number of fused-ring (bicyclic) bond motifs is 1. The molecule has 8 heteroatoms. The van der Waals surface area contributed by atoms with Gasteiger partial charge in [-0.15, -0.1) is 24.8 Å². The summed E-state index contributed by atoms with van der Waals surface area (Å²) in [4.78, 5) is 9.51. The summed E-state index contributed by atoms with van der Waals surface area (Å²) in [5.74, 6) is 2.29. The van der Waals surface area contributed by atoms with Crippen molar-refractivity contribution in [2.75, 3.05) is 12.4 Å². The van der Waals surface area contributed by atoms with Crippen molar-refractivity contribution in [1.82, 2.24) is 9.97 Å². The molecule has 1 fully saturated rings. The Hall–Kier alpha value is -2.05. The molecule has 166 valence electrons. The average molecular weight is 482 g/mol. The number of ether oxygens (including phenoxy) is 1. The number of benzene rings is 2. The Morgan fingerprint density at radius 2 is 1.71 bits per heavy atom. The average Bonchev–Trinajstić information content (AvgIpc) is 2.74. The fourth-order valence-corrected chi connectivity index (χ4v) is 3.76. The minimum atomic E-state index is 0. The van der Waals surface area contributed by atoms with Gasteiger partial charge in [-0.25, -0.2) is 9.97 Å². The number of methoxy groups -OCH3 is 1. The van der Waals surface area contributed by atoms with Gasteiger partial charge >= 0.3 is 0 Å². The summed E-state index contributed by atoms with van der Waals surface area (Å²) in [5, 5.41) is 5.31. The highest BCUT2D eigenvalue weighted by Gasteiger charge is 2.20. The van der Waals surface area contributed by atoms with Crippen molar-refractivity contribution >= 4 is 65.3 Å². The first-order chi connectivity index (χ1) is 14.1. The molecule has 31 heavy (non-hydrogen) atoms. The Balaban J connectivity index is 0.00000171. The van der Waals surface area contributed by atoms with Gasteiger partial charge in [0.15, 0.2) is 5.82 Å². The second-order valence-electron chi connectivity index (χ2n) is 7.45. The lowest BCUT2D eigenvalue weighted by Gasteiger charge is -2.27. The molecule has 0 bridgehead atoms. The van der Waals surface area contributed by atoms with Crippen molar-refractivity contribution < 1.29 is 4.74 Å². The summed E-state index contributed by atoms with van der Waals surface area (Å²) in [5.41, 5.74) is 7.99. The Morgan fingerprint density at radius 3 is 2.39 bits per heavy atom. The number of hydrogen-bond acceptors (Lipinski definition) is 5. The molecular weight excluding hydrogens is 455 g/mol. The molecular formula is C23H27Cl3N4O. The summed E-state index contributed by atoms with van der Waals surface area (Å²) < 4.78 is 5.40. The predicted octanol–water partition coefficient (Wildman–Crippen LogP) is 5.99. The largest absolute Gasteiger partial charge is 0.497 e. The van der Waals surface area contributed by atoms with Gasteiger partial charge in [0.2, 0.25) is 0 Å². The van der Waals surface area contributed by atoms with Crippen LogP contribution < -0.4 is 15.8 Å². The monoisotopic (exact) mass is 480 g/mol. The fraction of sp³-hybridized carbons (Fsp3) is 0.304. The van der Waals surface area contributed by atoms with E-state index in [1.54, 1.807) is 7.11 Å². The minimum absolute atomic E-state index is 0. The Kier molecular flexibility index (Phi) is 9.38. The van der Waals surface area contributed by atoms with Crippen LogP contribution in [0.3, 0.4) is 0 Å². The van der Waals surface area contributed by atoms with Gasteiger partial charge in [0, 0.05) is 22.5 Å². The van der Waals surface area contributed by atoms with Crippen molar-refractivity contribution in [3.63, 3.8) is 0 Å². The standard InChI is InChI=1S/C23H25ClN4O.2ClH/c1-29-19-11-12-21-20(14-19)23(26-18-9-7-17(25)8-10-18)28-22(27-21)13-4-15-2-5-16(24)6-3-15;;/h2-6,11-14,17-18H,7-10,25H2,1H3,(H,26,27,28);2*1H/t17-,18+;;. The molecule has 1 aromatic heterocycles. The van der Waals surface area contributed by atoms with Crippen LogP contribution in [0.25, 0.3) is 23.1 Å². The van der Waals surface area contributed by atoms with Crippen LogP contribution in [0.4, 0.5) is 5.82 Å². The molecule has 5 nitrogen and oxygen atoms in total. The van der Waals surface area contributed by atoms with Gasteiger partial charge < -0.3 is 15.8 Å². The van der Waals surface area contributed by atoms with E-state index in [9.17, 15) is 0 Å². The van der Waals surface area contributed by atoms with Crippen LogP contribution in [0.2, 0.25) is 5.02 Å². The molecule has 1 saturated carbocycles. The number of anilines is 1. The summed E-state index contributed by atoms with van der Waals surface area (Å²) >= 11 is 5.97. The molecule has 1 heterocycles. The molecule has 3 aromatic rings. The van der Waals surface area contributed by atoms with Crippen LogP contribution in [0.1, 0.15) is 37.1 Å². The van der Waals surface area contributed by atoms with Crippen LogP contribution in [-0.4, -0.2) is 29.2 Å². The Bertz CT molecular complexity index is 1020. The zero-order valence-electron chi connectivity index (χ0n) is 17.3. The van der Waals surface area contributed by atoms with E-state index in [1.165, 1.54) is 0 Å². The molecule has 0 radical (unpaired) electrons. The molecule has 3 N–H and O–H groups in total. The highest BCUT2D eigenvalue weighted by atomic mass is 35.5. The number of halogens is 3. The maximum Gasteiger partial charge on any atom is 0.154 e. The maximum absolute atomic E-state index is 6.06. The number of nitrogens with one attached hydrogen (secondary N) is 1. The van der Waals surface area contributed by atoms with Crippen LogP contribution in [0, 0.1) is 0 Å². The van der Waals surface area contributed by atoms with Crippen LogP contribution in [0.5, 0.6) is 5.75 Å². The van der Waals surface area contributed by atoms with Crippen molar-refractivity contribution in [3.8, 4) is 5.75 Å². The lowest BCUT2D eigenvalue weighted by Crippen LogP contribution is -2.33. The predicted molar refractivity (Wildman–Crippen MR) is 135 cm³/mol. The first-order valence-corrected chi connectivity index (χ1v) is 10.3. The molecule has 4 rings (SSSR count). The second-order valence-corrected chi connectivity index (χ2v) is 7.89. The van der Waals surface area contributed by atoms with E-state index in [4.69, 9.17) is 32.0 Å². The summed E-state index contributed by atoms with van der Waals surface area (Å²) in [6, 6.07) is 14.2. The van der Waals surface area contributed by atoms with Crippen LogP contribution in [0.15, 0.2) is 42.5 Å². The minimum Gasteiger partial charge on any atom is -0.497 e. The third-order valence-electron chi connectivity index (χ3n) is 5.33. The van der Waals surface area contributed by atoms with Gasteiger partial charge in [0.05, 0.1) is 12.6 Å². The van der Waals surface area contributed by atoms with E-state index in [0.29, 0.717) is 17.9 Å². The van der Waals surface area contributed by atoms with Gasteiger partial charge in [-0.3, -0.25) is 0 Å². The Morgan fingerprint density at radius 1 is 1.00 bits per heavy atom. The normalized spacial score (nSPS) is 18.3. The van der Waals surface area contributed by atoms with Gasteiger partial charge in [-0.1, -0.05) is 29.8 Å². The van der Waals surface area contributed by atoms with Gasteiger partial charge in [-0.2, -0.15) is 0 Å². The zero-order chi connectivity index (χ0) is 20.2. The molecule has 1 aliphatic carbocycles. The zero-order valence-corrected chi connectivity index (χ0v) is 19.6. The molecule has 0 spiro atoms. The van der Waals surface area contributed by atoms with Crippen LogP contribution >= 0.6 is 36.4 Å². The summed E-state index contributed by atoms with van der Waals surface area (Å²) in [7, 11) is 1.67. The van der Waals surface area contributed by atoms with Crippen molar-refractivity contribution in [2.24, 2.45) is 5.73 Å². The molecule has 1 aliphatic rings. The van der Waals surface area contributed by atoms with Gasteiger partial charge in [-0.05, 0) is 67.7 Å². The third-order valence-corrected chi connectivity index (χ3v) is 5.58. The first-order valence-electron chi connectivity index (χ1n) is 9.92. The molecule has 0 amide bonds. The molecule has 0 atom stereocenters. The lowest BCUT2D eigenvalue weighted by molar-refractivity contribution is 0.410. The van der Waals surface area contributed by atoms with Crippen LogP contribution in [-0.2, 0) is 0 Å². The SMILES string of the molecule is COc1ccc2nc(C=Cc3ccc(Cl)cc3)nc(N[C@H]3CC[C@@H](N)CC3)c2c1.Cl.Cl. The van der Waals surface area contributed by atoms with E-state index in [-0.39, 0.29) is 24.8 Å². The maximum atomic E-state index is 6.06. The van der Waals surface area contributed by atoms with Crippen molar-refractivity contribution in [1.29, 1.82) is 0 Å². The number of nitrogens with zero attached hydrogens (tertiary/aromatic N) is 2. The van der Waals surface area contributed by atoms with E-state index < -0.39 is 0 Å². The quantitative estimate of drug-likeness (QED) is 0.468. The van der Waals surface area contributed by atoms with E-state index in [2.05, 4.69) is 5.32 Å². The highest BCUT2D eigenvalue weighted by Crippen LogP contribution is 2.28. The van der Waals surface area contributed by atoms with Crippen molar-refractivity contribution in [3.05, 3.63) is 58.9 Å². The van der Waals surface area contributed by atoms with Crippen molar-refractivity contribution in [2.45, 2.75) is 37.8 Å². The number of rotatable bonds is 5.